The van der Waals surface area contributed by atoms with Crippen LogP contribution in [0.4, 0.5) is 4.79 Å². The highest BCUT2D eigenvalue weighted by molar-refractivity contribution is 5.67. The first kappa shape index (κ1) is 37.9. The molecule has 0 saturated carbocycles. The van der Waals surface area contributed by atoms with Gasteiger partial charge in [0.2, 0.25) is 0 Å². The molecule has 1 amide bonds. The van der Waals surface area contributed by atoms with Crippen LogP contribution in [0.5, 0.6) is 0 Å². The lowest BCUT2D eigenvalue weighted by atomic mass is 10.2. The van der Waals surface area contributed by atoms with Gasteiger partial charge in [-0.1, -0.05) is 0 Å². The minimum absolute atomic E-state index is 0.00190. The van der Waals surface area contributed by atoms with Gasteiger partial charge in [0, 0.05) is 111 Å². The third kappa shape index (κ3) is 18.2. The molecule has 0 bridgehead atoms. The van der Waals surface area contributed by atoms with Crippen molar-refractivity contribution in [2.75, 3.05) is 125 Å². The van der Waals surface area contributed by atoms with Crippen LogP contribution < -0.4 is 0 Å². The number of carbonyl (C=O) groups excluding carboxylic acids is 1. The molecule has 41 heavy (non-hydrogen) atoms. The quantitative estimate of drug-likeness (QED) is 0.193. The molecule has 1 heterocycles. The molecule has 13 heteroatoms. The van der Waals surface area contributed by atoms with Gasteiger partial charge in [-0.25, -0.2) is 4.79 Å². The Bertz CT molecular complexity index is 674. The number of carbonyl (C=O) groups is 1. The molecule has 1 rings (SSSR count). The first-order valence-electron chi connectivity index (χ1n) is 15.2. The molecule has 0 aromatic rings. The standard InChI is InChI=1S/C28H60N6O7/c1-24(36)20-30-7-6-29(18-19-35)14-16-34(28(40)41-5)17-15-33(23-27(4)39)13-12-32(22-26(3)38)11-10-31(9-8-30)21-25(2)37/h24-27,35-39H,6-23H2,1-5H3. The monoisotopic (exact) mass is 592 g/mol. The van der Waals surface area contributed by atoms with Gasteiger partial charge in [0.05, 0.1) is 38.1 Å². The third-order valence-electron chi connectivity index (χ3n) is 7.24. The maximum Gasteiger partial charge on any atom is 0.409 e. The predicted octanol–water partition coefficient (Wildman–Crippen LogP) is -1.91. The number of aliphatic hydroxyl groups excluding tert-OH is 5. The average molecular weight is 593 g/mol. The molecule has 0 spiro atoms. The summed E-state index contributed by atoms with van der Waals surface area (Å²) in [4.78, 5) is 25.2. The topological polar surface area (TPSA) is 147 Å². The number of rotatable bonds is 10. The number of hydrogen-bond donors (Lipinski definition) is 5. The Balaban J connectivity index is 3.21. The van der Waals surface area contributed by atoms with E-state index in [-0.39, 0.29) is 6.61 Å². The molecule has 5 N–H and O–H groups in total. The largest absolute Gasteiger partial charge is 0.453 e. The van der Waals surface area contributed by atoms with Crippen molar-refractivity contribution in [3.63, 3.8) is 0 Å². The summed E-state index contributed by atoms with van der Waals surface area (Å²) in [5, 5.41) is 50.3. The Hall–Kier alpha value is -1.13. The Morgan fingerprint density at radius 3 is 1.10 bits per heavy atom. The van der Waals surface area contributed by atoms with Gasteiger partial charge in [0.25, 0.3) is 0 Å². The molecule has 1 saturated heterocycles. The Morgan fingerprint density at radius 2 is 0.829 bits per heavy atom. The Labute approximate surface area is 247 Å². The minimum atomic E-state index is -0.532. The van der Waals surface area contributed by atoms with Crippen molar-refractivity contribution in [2.24, 2.45) is 0 Å². The van der Waals surface area contributed by atoms with Crippen molar-refractivity contribution in [1.29, 1.82) is 0 Å². The molecule has 0 aliphatic carbocycles. The van der Waals surface area contributed by atoms with Gasteiger partial charge < -0.3 is 35.2 Å². The fourth-order valence-electron chi connectivity index (χ4n) is 5.23. The van der Waals surface area contributed by atoms with Crippen molar-refractivity contribution in [2.45, 2.75) is 52.1 Å². The third-order valence-corrected chi connectivity index (χ3v) is 7.24. The van der Waals surface area contributed by atoms with E-state index in [2.05, 4.69) is 24.5 Å². The van der Waals surface area contributed by atoms with Crippen LogP contribution in [0, 0.1) is 0 Å². The second kappa shape index (κ2) is 21.5. The summed E-state index contributed by atoms with van der Waals surface area (Å²) in [5.74, 6) is 0. The second-order valence-corrected chi connectivity index (χ2v) is 11.6. The molecular formula is C28H60N6O7. The summed E-state index contributed by atoms with van der Waals surface area (Å²) in [6.45, 7) is 17.0. The van der Waals surface area contributed by atoms with E-state index < -0.39 is 30.5 Å². The van der Waals surface area contributed by atoms with E-state index in [9.17, 15) is 30.3 Å². The van der Waals surface area contributed by atoms with E-state index in [0.29, 0.717) is 111 Å². The van der Waals surface area contributed by atoms with Crippen molar-refractivity contribution in [3.8, 4) is 0 Å². The van der Waals surface area contributed by atoms with Crippen molar-refractivity contribution >= 4 is 6.09 Å². The Morgan fingerprint density at radius 1 is 0.561 bits per heavy atom. The van der Waals surface area contributed by atoms with Crippen LogP contribution in [0.1, 0.15) is 27.7 Å². The second-order valence-electron chi connectivity index (χ2n) is 11.6. The van der Waals surface area contributed by atoms with Gasteiger partial charge in [-0.3, -0.25) is 24.5 Å². The minimum Gasteiger partial charge on any atom is -0.453 e. The molecule has 1 aliphatic heterocycles. The predicted molar refractivity (Wildman–Crippen MR) is 160 cm³/mol. The molecule has 1 fully saturated rings. The van der Waals surface area contributed by atoms with Crippen LogP contribution in [-0.4, -0.2) is 210 Å². The summed E-state index contributed by atoms with van der Waals surface area (Å²) in [6.07, 6.45) is -2.42. The molecule has 0 aromatic heterocycles. The average Bonchev–Trinajstić information content (AvgIpc) is 2.88. The number of aliphatic hydroxyl groups is 5. The van der Waals surface area contributed by atoms with E-state index >= 15 is 0 Å². The molecule has 13 nitrogen and oxygen atoms in total. The van der Waals surface area contributed by atoms with Crippen molar-refractivity contribution in [1.82, 2.24) is 29.4 Å². The van der Waals surface area contributed by atoms with Crippen LogP contribution in [-0.2, 0) is 4.74 Å². The molecule has 0 radical (unpaired) electrons. The molecule has 4 atom stereocenters. The highest BCUT2D eigenvalue weighted by Crippen LogP contribution is 2.05. The lowest BCUT2D eigenvalue weighted by Crippen LogP contribution is -2.49. The zero-order valence-electron chi connectivity index (χ0n) is 26.3. The maximum atomic E-state index is 12.6. The first-order valence-corrected chi connectivity index (χ1v) is 15.2. The molecule has 4 unspecified atom stereocenters. The van der Waals surface area contributed by atoms with Gasteiger partial charge in [-0.2, -0.15) is 0 Å². The summed E-state index contributed by atoms with van der Waals surface area (Å²) < 4.78 is 5.05. The van der Waals surface area contributed by atoms with Gasteiger partial charge in [0.15, 0.2) is 0 Å². The maximum absolute atomic E-state index is 12.6. The number of amides is 1. The number of hydrogen-bond acceptors (Lipinski definition) is 12. The molecule has 244 valence electrons. The van der Waals surface area contributed by atoms with Crippen LogP contribution in [0.15, 0.2) is 0 Å². The van der Waals surface area contributed by atoms with Gasteiger partial charge in [0.1, 0.15) is 0 Å². The van der Waals surface area contributed by atoms with Crippen LogP contribution >= 0.6 is 0 Å². The number of nitrogens with zero attached hydrogens (tertiary/aromatic N) is 6. The van der Waals surface area contributed by atoms with E-state index in [0.717, 1.165) is 0 Å². The SMILES string of the molecule is COC(=O)N1CCN(CCO)CCN(CC(C)O)CCN(CC(C)O)CCN(CC(C)O)CCN(CC(C)O)CC1. The summed E-state index contributed by atoms with van der Waals surface area (Å²) in [5.41, 5.74) is 0. The zero-order chi connectivity index (χ0) is 30.8. The van der Waals surface area contributed by atoms with Crippen molar-refractivity contribution in [3.05, 3.63) is 0 Å². The van der Waals surface area contributed by atoms with Gasteiger partial charge in [-0.05, 0) is 27.7 Å². The lowest BCUT2D eigenvalue weighted by Gasteiger charge is -2.34. The number of β-amino-alcohol motifs (C(OH)–C–C–N with tert-alkyl or cyclic N) is 5. The van der Waals surface area contributed by atoms with Crippen LogP contribution in [0.2, 0.25) is 0 Å². The summed E-state index contributed by atoms with van der Waals surface area (Å²) in [7, 11) is 1.37. The summed E-state index contributed by atoms with van der Waals surface area (Å²) in [6, 6.07) is 0. The molecular weight excluding hydrogens is 532 g/mol. The smallest absolute Gasteiger partial charge is 0.409 e. The normalized spacial score (nSPS) is 22.9. The lowest BCUT2D eigenvalue weighted by molar-refractivity contribution is 0.0645. The van der Waals surface area contributed by atoms with E-state index in [1.165, 1.54) is 7.11 Å². The zero-order valence-corrected chi connectivity index (χ0v) is 26.3. The molecule has 1 aliphatic rings. The van der Waals surface area contributed by atoms with E-state index in [1.807, 2.05) is 0 Å². The highest BCUT2D eigenvalue weighted by atomic mass is 16.5. The van der Waals surface area contributed by atoms with Crippen LogP contribution in [0.25, 0.3) is 0 Å². The Kier molecular flexibility index (Phi) is 19.9. The van der Waals surface area contributed by atoms with Crippen molar-refractivity contribution < 1.29 is 35.1 Å². The fourth-order valence-corrected chi connectivity index (χ4v) is 5.23. The fraction of sp³-hybridized carbons (Fsp3) is 0.964. The summed E-state index contributed by atoms with van der Waals surface area (Å²) >= 11 is 0. The molecule has 0 aromatic carbocycles. The van der Waals surface area contributed by atoms with E-state index in [4.69, 9.17) is 4.74 Å². The van der Waals surface area contributed by atoms with Crippen LogP contribution in [0.3, 0.4) is 0 Å². The number of methoxy groups -OCH3 is 1. The highest BCUT2D eigenvalue weighted by Gasteiger charge is 2.21. The number of ether oxygens (including phenoxy) is 1. The first-order chi connectivity index (χ1) is 19.4. The van der Waals surface area contributed by atoms with Gasteiger partial charge >= 0.3 is 6.09 Å². The van der Waals surface area contributed by atoms with Gasteiger partial charge in [-0.15, -0.1) is 0 Å². The van der Waals surface area contributed by atoms with E-state index in [1.54, 1.807) is 32.6 Å².